The minimum Gasteiger partial charge on any atom is -0.340 e. The summed E-state index contributed by atoms with van der Waals surface area (Å²) < 4.78 is 0. The molecular weight excluding hydrogens is 332 g/mol. The fraction of sp³-hybridized carbons (Fsp3) is 0.391. The number of benzene rings is 2. The first kappa shape index (κ1) is 16.4. The second-order valence-electron chi connectivity index (χ2n) is 8.04. The van der Waals surface area contributed by atoms with Crippen LogP contribution in [0.15, 0.2) is 48.5 Å². The minimum atomic E-state index is 0.316. The number of nitrogens with zero attached hydrogens (tertiary/aromatic N) is 3. The normalized spacial score (nSPS) is 26.4. The van der Waals surface area contributed by atoms with Gasteiger partial charge in [-0.3, -0.25) is 0 Å². The van der Waals surface area contributed by atoms with Crippen LogP contribution in [0.25, 0.3) is 11.0 Å². The largest absolute Gasteiger partial charge is 0.340 e. The summed E-state index contributed by atoms with van der Waals surface area (Å²) in [6.45, 7) is 3.19. The van der Waals surface area contributed by atoms with Crippen molar-refractivity contribution < 1.29 is 0 Å². The summed E-state index contributed by atoms with van der Waals surface area (Å²) in [6, 6.07) is 19.4. The zero-order chi connectivity index (χ0) is 18.4. The van der Waals surface area contributed by atoms with Crippen LogP contribution in [0.1, 0.15) is 43.7 Å². The van der Waals surface area contributed by atoms with E-state index in [4.69, 9.17) is 4.98 Å². The molecule has 2 saturated carbocycles. The van der Waals surface area contributed by atoms with Gasteiger partial charge >= 0.3 is 0 Å². The lowest BCUT2D eigenvalue weighted by Gasteiger charge is -2.36. The molecule has 0 saturated heterocycles. The van der Waals surface area contributed by atoms with E-state index < -0.39 is 0 Å². The molecular formula is C23H24N4. The monoisotopic (exact) mass is 356 g/mol. The van der Waals surface area contributed by atoms with Crippen molar-refractivity contribution in [2.24, 2.45) is 5.92 Å². The molecule has 2 aliphatic rings. The van der Waals surface area contributed by atoms with Crippen LogP contribution in [-0.2, 0) is 5.41 Å². The molecule has 2 fully saturated rings. The second-order valence-corrected chi connectivity index (χ2v) is 8.04. The van der Waals surface area contributed by atoms with Crippen LogP contribution in [0.3, 0.4) is 0 Å². The Morgan fingerprint density at radius 1 is 1.26 bits per heavy atom. The van der Waals surface area contributed by atoms with Crippen molar-refractivity contribution >= 4 is 17.0 Å². The van der Waals surface area contributed by atoms with Crippen molar-refractivity contribution in [3.05, 3.63) is 59.7 Å². The van der Waals surface area contributed by atoms with Crippen molar-refractivity contribution in [2.45, 2.75) is 44.1 Å². The van der Waals surface area contributed by atoms with Gasteiger partial charge in [0.1, 0.15) is 0 Å². The van der Waals surface area contributed by atoms with E-state index in [0.717, 1.165) is 35.0 Å². The predicted octanol–water partition coefficient (Wildman–Crippen LogP) is 4.77. The van der Waals surface area contributed by atoms with Gasteiger partial charge in [0.2, 0.25) is 5.95 Å². The number of para-hydroxylation sites is 2. The molecule has 136 valence electrons. The number of nitriles is 1. The van der Waals surface area contributed by atoms with E-state index in [1.807, 2.05) is 18.2 Å². The Labute approximate surface area is 159 Å². The van der Waals surface area contributed by atoms with Gasteiger partial charge in [-0.05, 0) is 73.8 Å². The summed E-state index contributed by atoms with van der Waals surface area (Å²) in [6.07, 6.45) is 4.85. The fourth-order valence-corrected chi connectivity index (χ4v) is 5.20. The highest BCUT2D eigenvalue weighted by atomic mass is 15.3. The molecule has 3 atom stereocenters. The van der Waals surface area contributed by atoms with E-state index in [2.05, 4.69) is 53.2 Å². The van der Waals surface area contributed by atoms with Crippen LogP contribution in [0.2, 0.25) is 0 Å². The number of aromatic nitrogens is 2. The standard InChI is InChI=1S/C23H24N4/c1-2-27(22-25-20-8-3-4-9-21(20)26-22)19-10-11-23(14-18(23)13-19)17-7-5-6-16(12-17)15-24/h3-9,12,18-19H,2,10-11,13-14H2,1H3,(H,25,26). The number of hydrogen-bond donors (Lipinski definition) is 1. The predicted molar refractivity (Wildman–Crippen MR) is 108 cm³/mol. The van der Waals surface area contributed by atoms with Gasteiger partial charge in [-0.25, -0.2) is 4.98 Å². The van der Waals surface area contributed by atoms with Gasteiger partial charge in [0, 0.05) is 12.6 Å². The van der Waals surface area contributed by atoms with E-state index in [9.17, 15) is 5.26 Å². The quantitative estimate of drug-likeness (QED) is 0.732. The number of imidazole rings is 1. The number of fused-ring (bicyclic) bond motifs is 2. The molecule has 4 nitrogen and oxygen atoms in total. The molecule has 27 heavy (non-hydrogen) atoms. The summed E-state index contributed by atoms with van der Waals surface area (Å²) in [5, 5.41) is 9.22. The van der Waals surface area contributed by atoms with Crippen LogP contribution in [-0.4, -0.2) is 22.6 Å². The van der Waals surface area contributed by atoms with Crippen molar-refractivity contribution in [2.75, 3.05) is 11.4 Å². The molecule has 3 aromatic rings. The summed E-state index contributed by atoms with van der Waals surface area (Å²) in [5.74, 6) is 1.73. The molecule has 5 rings (SSSR count). The molecule has 0 bridgehead atoms. The molecule has 2 aromatic carbocycles. The van der Waals surface area contributed by atoms with Gasteiger partial charge in [0.15, 0.2) is 0 Å². The highest BCUT2D eigenvalue weighted by molar-refractivity contribution is 5.77. The Morgan fingerprint density at radius 2 is 2.15 bits per heavy atom. The van der Waals surface area contributed by atoms with Crippen molar-refractivity contribution in [1.29, 1.82) is 5.26 Å². The Kier molecular flexibility index (Phi) is 3.72. The third-order valence-corrected chi connectivity index (χ3v) is 6.71. The van der Waals surface area contributed by atoms with Gasteiger partial charge < -0.3 is 9.88 Å². The fourth-order valence-electron chi connectivity index (χ4n) is 5.20. The Balaban J connectivity index is 1.37. The topological polar surface area (TPSA) is 55.7 Å². The average Bonchev–Trinajstić information content (AvgIpc) is 3.31. The Hall–Kier alpha value is -2.80. The minimum absolute atomic E-state index is 0.316. The smallest absolute Gasteiger partial charge is 0.204 e. The highest BCUT2D eigenvalue weighted by Crippen LogP contribution is 2.63. The highest BCUT2D eigenvalue weighted by Gasteiger charge is 2.58. The molecule has 4 heteroatoms. The number of nitrogens with one attached hydrogen (secondary N) is 1. The lowest BCUT2D eigenvalue weighted by Crippen LogP contribution is -2.40. The van der Waals surface area contributed by atoms with Gasteiger partial charge in [-0.15, -0.1) is 0 Å². The van der Waals surface area contributed by atoms with E-state index in [1.165, 1.54) is 31.2 Å². The number of aromatic amines is 1. The molecule has 3 unspecified atom stereocenters. The number of rotatable bonds is 4. The molecule has 0 spiro atoms. The summed E-state index contributed by atoms with van der Waals surface area (Å²) in [5.41, 5.74) is 4.62. The number of anilines is 1. The molecule has 1 N–H and O–H groups in total. The van der Waals surface area contributed by atoms with Crippen molar-refractivity contribution in [1.82, 2.24) is 9.97 Å². The van der Waals surface area contributed by atoms with Crippen molar-refractivity contribution in [3.63, 3.8) is 0 Å². The first-order chi connectivity index (χ1) is 13.2. The van der Waals surface area contributed by atoms with Crippen LogP contribution in [0, 0.1) is 17.2 Å². The second kappa shape index (κ2) is 6.13. The molecule has 0 aliphatic heterocycles. The molecule has 2 aliphatic carbocycles. The van der Waals surface area contributed by atoms with Crippen LogP contribution in [0.4, 0.5) is 5.95 Å². The van der Waals surface area contributed by atoms with Crippen molar-refractivity contribution in [3.8, 4) is 6.07 Å². The first-order valence-corrected chi connectivity index (χ1v) is 9.95. The lowest BCUT2D eigenvalue weighted by atomic mass is 9.80. The average molecular weight is 356 g/mol. The van der Waals surface area contributed by atoms with Crippen LogP contribution >= 0.6 is 0 Å². The lowest BCUT2D eigenvalue weighted by molar-refractivity contribution is 0.365. The van der Waals surface area contributed by atoms with E-state index in [-0.39, 0.29) is 0 Å². The SMILES string of the molecule is CCN(c1nc2ccccc2[nH]1)C1CCC2(c3cccc(C#N)c3)CC2C1. The maximum atomic E-state index is 9.22. The van der Waals surface area contributed by atoms with Gasteiger partial charge in [0.25, 0.3) is 0 Å². The van der Waals surface area contributed by atoms with Gasteiger partial charge in [0.05, 0.1) is 22.7 Å². The molecule has 0 radical (unpaired) electrons. The number of H-pyrrole nitrogens is 1. The summed E-state index contributed by atoms with van der Waals surface area (Å²) in [4.78, 5) is 10.8. The third kappa shape index (κ3) is 2.61. The maximum Gasteiger partial charge on any atom is 0.204 e. The summed E-state index contributed by atoms with van der Waals surface area (Å²) in [7, 11) is 0. The van der Waals surface area contributed by atoms with Gasteiger partial charge in [-0.1, -0.05) is 24.3 Å². The van der Waals surface area contributed by atoms with Crippen LogP contribution in [0.5, 0.6) is 0 Å². The van der Waals surface area contributed by atoms with E-state index in [0.29, 0.717) is 11.5 Å². The number of hydrogen-bond acceptors (Lipinski definition) is 3. The Bertz CT molecular complexity index is 997. The molecule has 1 heterocycles. The molecule has 1 aromatic heterocycles. The summed E-state index contributed by atoms with van der Waals surface area (Å²) >= 11 is 0. The van der Waals surface area contributed by atoms with E-state index >= 15 is 0 Å². The zero-order valence-electron chi connectivity index (χ0n) is 15.7. The Morgan fingerprint density at radius 3 is 2.93 bits per heavy atom. The van der Waals surface area contributed by atoms with Gasteiger partial charge in [-0.2, -0.15) is 5.26 Å². The first-order valence-electron chi connectivity index (χ1n) is 9.95. The van der Waals surface area contributed by atoms with Crippen LogP contribution < -0.4 is 4.90 Å². The molecule has 0 amide bonds. The van der Waals surface area contributed by atoms with E-state index in [1.54, 1.807) is 0 Å². The zero-order valence-corrected chi connectivity index (χ0v) is 15.7. The maximum absolute atomic E-state index is 9.22. The third-order valence-electron chi connectivity index (χ3n) is 6.71.